The van der Waals surface area contributed by atoms with E-state index in [9.17, 15) is 14.7 Å². The summed E-state index contributed by atoms with van der Waals surface area (Å²) in [4.78, 5) is 25.4. The SMILES string of the molecule is O=C(O)[C@@H]1CS[C@]2(c3cccs3)CCC(=O)N12. The van der Waals surface area contributed by atoms with Gasteiger partial charge in [0.05, 0.1) is 0 Å². The van der Waals surface area contributed by atoms with Gasteiger partial charge < -0.3 is 10.0 Å². The lowest BCUT2D eigenvalue weighted by molar-refractivity contribution is -0.148. The van der Waals surface area contributed by atoms with Crippen LogP contribution in [0.4, 0.5) is 0 Å². The predicted octanol–water partition coefficient (Wildman–Crippen LogP) is 1.72. The van der Waals surface area contributed by atoms with Crippen LogP contribution in [-0.2, 0) is 14.5 Å². The molecule has 1 amide bonds. The van der Waals surface area contributed by atoms with Gasteiger partial charge in [-0.05, 0) is 17.9 Å². The minimum atomic E-state index is -0.897. The number of thiophene rings is 1. The van der Waals surface area contributed by atoms with Crippen LogP contribution in [0.5, 0.6) is 0 Å². The molecule has 3 heterocycles. The lowest BCUT2D eigenvalue weighted by Crippen LogP contribution is -2.45. The Bertz CT molecular complexity index is 473. The number of thioether (sulfide) groups is 1. The van der Waals surface area contributed by atoms with Crippen LogP contribution in [0.15, 0.2) is 17.5 Å². The van der Waals surface area contributed by atoms with Crippen LogP contribution >= 0.6 is 23.1 Å². The Morgan fingerprint density at radius 1 is 1.59 bits per heavy atom. The van der Waals surface area contributed by atoms with Crippen molar-refractivity contribution in [2.24, 2.45) is 0 Å². The van der Waals surface area contributed by atoms with Gasteiger partial charge >= 0.3 is 5.97 Å². The molecule has 90 valence electrons. The Balaban J connectivity index is 2.06. The molecule has 0 radical (unpaired) electrons. The molecule has 2 aliphatic heterocycles. The Labute approximate surface area is 107 Å². The van der Waals surface area contributed by atoms with Gasteiger partial charge in [0, 0.05) is 17.1 Å². The minimum Gasteiger partial charge on any atom is -0.480 e. The van der Waals surface area contributed by atoms with E-state index in [-0.39, 0.29) is 5.91 Å². The molecule has 1 aromatic heterocycles. The van der Waals surface area contributed by atoms with Crippen molar-refractivity contribution >= 4 is 35.0 Å². The van der Waals surface area contributed by atoms with Crippen molar-refractivity contribution in [1.82, 2.24) is 4.90 Å². The number of carbonyl (C=O) groups is 2. The average Bonchev–Trinajstić information content (AvgIpc) is 2.95. The molecule has 3 rings (SSSR count). The van der Waals surface area contributed by atoms with Gasteiger partial charge in [-0.3, -0.25) is 4.79 Å². The molecule has 4 nitrogen and oxygen atoms in total. The first kappa shape index (κ1) is 11.1. The standard InChI is InChI=1S/C11H11NO3S2/c13-9-3-4-11(8-2-1-5-16-8)12(9)7(6-17-11)10(14)15/h1-2,5,7H,3-4,6H2,(H,14,15)/t7-,11-/m0/s1. The lowest BCUT2D eigenvalue weighted by atomic mass is 10.1. The van der Waals surface area contributed by atoms with Crippen molar-refractivity contribution in [2.75, 3.05) is 5.75 Å². The Hall–Kier alpha value is -1.01. The number of carboxylic acids is 1. The Morgan fingerprint density at radius 2 is 2.41 bits per heavy atom. The van der Waals surface area contributed by atoms with Crippen molar-refractivity contribution in [3.05, 3.63) is 22.4 Å². The van der Waals surface area contributed by atoms with Gasteiger partial charge in [-0.15, -0.1) is 23.1 Å². The Kier molecular flexibility index (Phi) is 2.45. The molecule has 2 fully saturated rings. The highest BCUT2D eigenvalue weighted by Crippen LogP contribution is 2.55. The maximum Gasteiger partial charge on any atom is 0.327 e. The third kappa shape index (κ3) is 1.43. The van der Waals surface area contributed by atoms with Crippen LogP contribution in [0, 0.1) is 0 Å². The largest absolute Gasteiger partial charge is 0.480 e. The zero-order valence-corrected chi connectivity index (χ0v) is 10.6. The van der Waals surface area contributed by atoms with Gasteiger partial charge in [0.2, 0.25) is 5.91 Å². The van der Waals surface area contributed by atoms with Crippen molar-refractivity contribution < 1.29 is 14.7 Å². The Morgan fingerprint density at radius 3 is 3.06 bits per heavy atom. The first-order chi connectivity index (χ1) is 8.15. The summed E-state index contributed by atoms with van der Waals surface area (Å²) >= 11 is 3.19. The third-order valence-corrected chi connectivity index (χ3v) is 6.05. The van der Waals surface area contributed by atoms with Crippen LogP contribution in [0.3, 0.4) is 0 Å². The molecule has 6 heteroatoms. The molecule has 0 unspecified atom stereocenters. The maximum absolute atomic E-state index is 11.9. The fourth-order valence-corrected chi connectivity index (χ4v) is 5.29. The van der Waals surface area contributed by atoms with E-state index in [1.54, 1.807) is 28.0 Å². The number of carboxylic acid groups (broad SMARTS) is 1. The second-order valence-electron chi connectivity index (χ2n) is 4.19. The molecular formula is C11H11NO3S2. The highest BCUT2D eigenvalue weighted by Gasteiger charge is 2.57. The normalized spacial score (nSPS) is 31.9. The fourth-order valence-electron chi connectivity index (χ4n) is 2.57. The van der Waals surface area contributed by atoms with E-state index in [2.05, 4.69) is 0 Å². The molecule has 0 aliphatic carbocycles. The summed E-state index contributed by atoms with van der Waals surface area (Å²) in [5.74, 6) is -0.444. The molecule has 0 spiro atoms. The van der Waals surface area contributed by atoms with Gasteiger partial charge in [0.25, 0.3) is 0 Å². The molecule has 2 saturated heterocycles. The van der Waals surface area contributed by atoms with Crippen LogP contribution in [0.1, 0.15) is 17.7 Å². The van der Waals surface area contributed by atoms with Gasteiger partial charge in [0.1, 0.15) is 10.9 Å². The van der Waals surface area contributed by atoms with E-state index in [0.29, 0.717) is 12.2 Å². The summed E-state index contributed by atoms with van der Waals surface area (Å²) in [6.07, 6.45) is 1.18. The number of hydrogen-bond donors (Lipinski definition) is 1. The molecule has 0 bridgehead atoms. The van der Waals surface area contributed by atoms with Gasteiger partial charge in [0.15, 0.2) is 0 Å². The van der Waals surface area contributed by atoms with E-state index in [1.807, 2.05) is 17.5 Å². The number of carbonyl (C=O) groups excluding carboxylic acids is 1. The smallest absolute Gasteiger partial charge is 0.327 e. The average molecular weight is 269 g/mol. The molecule has 2 atom stereocenters. The molecule has 2 aliphatic rings. The van der Waals surface area contributed by atoms with Crippen LogP contribution in [-0.4, -0.2) is 33.7 Å². The van der Waals surface area contributed by atoms with Crippen molar-refractivity contribution in [1.29, 1.82) is 0 Å². The molecule has 0 aromatic carbocycles. The van der Waals surface area contributed by atoms with Crippen molar-refractivity contribution in [3.8, 4) is 0 Å². The van der Waals surface area contributed by atoms with Gasteiger partial charge in [-0.2, -0.15) is 0 Å². The topological polar surface area (TPSA) is 57.6 Å². The van der Waals surface area contributed by atoms with E-state index >= 15 is 0 Å². The molecular weight excluding hydrogens is 258 g/mol. The summed E-state index contributed by atoms with van der Waals surface area (Å²) in [5, 5.41) is 11.2. The number of fused-ring (bicyclic) bond motifs is 1. The van der Waals surface area contributed by atoms with Crippen LogP contribution in [0.2, 0.25) is 0 Å². The second-order valence-corrected chi connectivity index (χ2v) is 6.44. The highest BCUT2D eigenvalue weighted by molar-refractivity contribution is 8.00. The lowest BCUT2D eigenvalue weighted by Gasteiger charge is -2.31. The number of rotatable bonds is 2. The summed E-state index contributed by atoms with van der Waals surface area (Å²) in [6.45, 7) is 0. The second kappa shape index (κ2) is 3.74. The zero-order valence-electron chi connectivity index (χ0n) is 8.96. The van der Waals surface area contributed by atoms with Gasteiger partial charge in [-0.25, -0.2) is 4.79 Å². The first-order valence-corrected chi connectivity index (χ1v) is 7.24. The quantitative estimate of drug-likeness (QED) is 0.888. The van der Waals surface area contributed by atoms with Crippen molar-refractivity contribution in [3.63, 3.8) is 0 Å². The summed E-state index contributed by atoms with van der Waals surface area (Å²) in [5.41, 5.74) is 0. The molecule has 1 aromatic rings. The van der Waals surface area contributed by atoms with E-state index in [4.69, 9.17) is 0 Å². The van der Waals surface area contributed by atoms with Crippen LogP contribution < -0.4 is 0 Å². The summed E-state index contributed by atoms with van der Waals surface area (Å²) in [6, 6.07) is 3.27. The third-order valence-electron chi connectivity index (χ3n) is 3.32. The number of hydrogen-bond acceptors (Lipinski definition) is 4. The van der Waals surface area contributed by atoms with E-state index in [1.165, 1.54) is 0 Å². The zero-order chi connectivity index (χ0) is 12.0. The number of amides is 1. The predicted molar refractivity (Wildman–Crippen MR) is 66.0 cm³/mol. The van der Waals surface area contributed by atoms with Crippen LogP contribution in [0.25, 0.3) is 0 Å². The highest BCUT2D eigenvalue weighted by atomic mass is 32.2. The minimum absolute atomic E-state index is 0.0317. The number of nitrogens with zero attached hydrogens (tertiary/aromatic N) is 1. The molecule has 0 saturated carbocycles. The summed E-state index contributed by atoms with van der Waals surface area (Å²) < 4.78 is 0. The van der Waals surface area contributed by atoms with Gasteiger partial charge in [-0.1, -0.05) is 6.07 Å². The molecule has 17 heavy (non-hydrogen) atoms. The molecule has 1 N–H and O–H groups in total. The summed E-state index contributed by atoms with van der Waals surface area (Å²) in [7, 11) is 0. The monoisotopic (exact) mass is 269 g/mol. The maximum atomic E-state index is 11.9. The number of aliphatic carboxylic acids is 1. The van der Waals surface area contributed by atoms with E-state index in [0.717, 1.165) is 11.3 Å². The van der Waals surface area contributed by atoms with E-state index < -0.39 is 16.9 Å². The van der Waals surface area contributed by atoms with Crippen molar-refractivity contribution in [2.45, 2.75) is 23.8 Å². The first-order valence-electron chi connectivity index (χ1n) is 5.38. The fraction of sp³-hybridized carbons (Fsp3) is 0.455.